The number of hydrogen-bond acceptors (Lipinski definition) is 3. The fraction of sp³-hybridized carbons (Fsp3) is 0.278. The molecule has 1 aliphatic heterocycles. The minimum Gasteiger partial charge on any atom is -0.334 e. The first-order valence-electron chi connectivity index (χ1n) is 7.78. The molecular formula is C18H19N3O3. The van der Waals surface area contributed by atoms with E-state index in [2.05, 4.69) is 6.07 Å². The Bertz CT molecular complexity index is 937. The molecule has 0 aliphatic carbocycles. The third kappa shape index (κ3) is 2.95. The summed E-state index contributed by atoms with van der Waals surface area (Å²) in [5.41, 5.74) is 1.94. The molecule has 2 aromatic rings. The van der Waals surface area contributed by atoms with Crippen LogP contribution in [0.4, 0.5) is 0 Å². The highest BCUT2D eigenvalue weighted by atomic mass is 16.2. The largest absolute Gasteiger partial charge is 0.334 e. The van der Waals surface area contributed by atoms with Crippen LogP contribution in [0, 0.1) is 0 Å². The van der Waals surface area contributed by atoms with Crippen molar-refractivity contribution in [3.63, 3.8) is 0 Å². The monoisotopic (exact) mass is 325 g/mol. The minimum absolute atomic E-state index is 0.139. The van der Waals surface area contributed by atoms with Gasteiger partial charge in [0, 0.05) is 39.5 Å². The van der Waals surface area contributed by atoms with Gasteiger partial charge >= 0.3 is 5.69 Å². The standard InChI is InChI=1S/C18H19N3O3/c1-19-11-15(17(23)20(2)18(19)24)7-8-16(22)21-10-9-13-5-3-4-6-14(13)12-21/h3-8,11H,9-10,12H2,1-2H3. The van der Waals surface area contributed by atoms with Gasteiger partial charge in [-0.15, -0.1) is 0 Å². The first-order chi connectivity index (χ1) is 11.5. The SMILES string of the molecule is Cn1cc(C=CC(=O)N2CCc3ccccc3C2)c(=O)n(C)c1=O. The normalized spacial score (nSPS) is 14.0. The molecule has 6 nitrogen and oxygen atoms in total. The average Bonchev–Trinajstić information content (AvgIpc) is 2.61. The van der Waals surface area contributed by atoms with Crippen LogP contribution in [0.5, 0.6) is 0 Å². The summed E-state index contributed by atoms with van der Waals surface area (Å²) in [6.45, 7) is 1.23. The van der Waals surface area contributed by atoms with Crippen molar-refractivity contribution in [1.29, 1.82) is 0 Å². The Kier molecular flexibility index (Phi) is 4.20. The number of aromatic nitrogens is 2. The van der Waals surface area contributed by atoms with E-state index in [1.165, 1.54) is 35.5 Å². The van der Waals surface area contributed by atoms with Crippen LogP contribution < -0.4 is 11.2 Å². The van der Waals surface area contributed by atoms with Crippen molar-refractivity contribution in [3.8, 4) is 0 Å². The molecule has 0 saturated carbocycles. The lowest BCUT2D eigenvalue weighted by Gasteiger charge is -2.27. The number of rotatable bonds is 2. The molecular weight excluding hydrogens is 306 g/mol. The lowest BCUT2D eigenvalue weighted by atomic mass is 10.00. The molecule has 6 heteroatoms. The Morgan fingerprint density at radius 1 is 1.12 bits per heavy atom. The maximum Gasteiger partial charge on any atom is 0.330 e. The molecule has 0 saturated heterocycles. The molecule has 24 heavy (non-hydrogen) atoms. The second kappa shape index (κ2) is 6.31. The summed E-state index contributed by atoms with van der Waals surface area (Å²) in [6, 6.07) is 8.09. The Morgan fingerprint density at radius 3 is 2.58 bits per heavy atom. The van der Waals surface area contributed by atoms with Gasteiger partial charge in [0.2, 0.25) is 5.91 Å². The molecule has 2 heterocycles. The van der Waals surface area contributed by atoms with Crippen molar-refractivity contribution >= 4 is 12.0 Å². The van der Waals surface area contributed by atoms with Crippen molar-refractivity contribution < 1.29 is 4.79 Å². The van der Waals surface area contributed by atoms with E-state index in [4.69, 9.17) is 0 Å². The third-order valence-corrected chi connectivity index (χ3v) is 4.32. The number of carbonyl (C=O) groups is 1. The number of nitrogens with zero attached hydrogens (tertiary/aromatic N) is 3. The van der Waals surface area contributed by atoms with Crippen LogP contribution in [0.15, 0.2) is 46.1 Å². The molecule has 0 unspecified atom stereocenters. The topological polar surface area (TPSA) is 64.3 Å². The minimum atomic E-state index is -0.411. The lowest BCUT2D eigenvalue weighted by Crippen LogP contribution is -2.37. The van der Waals surface area contributed by atoms with E-state index in [0.717, 1.165) is 16.6 Å². The zero-order valence-electron chi connectivity index (χ0n) is 13.7. The molecule has 0 atom stereocenters. The zero-order chi connectivity index (χ0) is 17.3. The molecule has 1 aromatic heterocycles. The number of aryl methyl sites for hydroxylation is 1. The smallest absolute Gasteiger partial charge is 0.330 e. The van der Waals surface area contributed by atoms with Gasteiger partial charge in [-0.25, -0.2) is 4.79 Å². The third-order valence-electron chi connectivity index (χ3n) is 4.32. The Balaban J connectivity index is 1.80. The van der Waals surface area contributed by atoms with Gasteiger partial charge in [0.05, 0.1) is 5.56 Å². The van der Waals surface area contributed by atoms with Gasteiger partial charge in [-0.1, -0.05) is 24.3 Å². The summed E-state index contributed by atoms with van der Waals surface area (Å²) in [5.74, 6) is -0.139. The van der Waals surface area contributed by atoms with Crippen molar-refractivity contribution in [2.45, 2.75) is 13.0 Å². The summed E-state index contributed by atoms with van der Waals surface area (Å²) in [4.78, 5) is 37.9. The summed E-state index contributed by atoms with van der Waals surface area (Å²) in [6.07, 6.45) is 5.15. The Labute approximate surface area is 139 Å². The van der Waals surface area contributed by atoms with Crippen LogP contribution in [-0.2, 0) is 31.9 Å². The predicted molar refractivity (Wildman–Crippen MR) is 91.5 cm³/mol. The van der Waals surface area contributed by atoms with E-state index < -0.39 is 11.2 Å². The highest BCUT2D eigenvalue weighted by Crippen LogP contribution is 2.18. The van der Waals surface area contributed by atoms with Crippen LogP contribution in [0.1, 0.15) is 16.7 Å². The van der Waals surface area contributed by atoms with Crippen LogP contribution in [0.3, 0.4) is 0 Å². The van der Waals surface area contributed by atoms with Crippen LogP contribution in [0.2, 0.25) is 0 Å². The van der Waals surface area contributed by atoms with Gasteiger partial charge in [-0.3, -0.25) is 14.2 Å². The average molecular weight is 325 g/mol. The molecule has 124 valence electrons. The lowest BCUT2D eigenvalue weighted by molar-refractivity contribution is -0.126. The molecule has 1 aliphatic rings. The highest BCUT2D eigenvalue weighted by Gasteiger charge is 2.18. The molecule has 0 radical (unpaired) electrons. The van der Waals surface area contributed by atoms with E-state index in [9.17, 15) is 14.4 Å². The summed E-state index contributed by atoms with van der Waals surface area (Å²) in [5, 5.41) is 0. The number of fused-ring (bicyclic) bond motifs is 1. The quantitative estimate of drug-likeness (QED) is 0.763. The van der Waals surface area contributed by atoms with Gasteiger partial charge in [-0.05, 0) is 23.6 Å². The van der Waals surface area contributed by atoms with Crippen LogP contribution in [0.25, 0.3) is 6.08 Å². The van der Waals surface area contributed by atoms with Gasteiger partial charge in [0.15, 0.2) is 0 Å². The van der Waals surface area contributed by atoms with Crippen molar-refractivity contribution in [1.82, 2.24) is 14.0 Å². The van der Waals surface area contributed by atoms with Gasteiger partial charge < -0.3 is 9.47 Å². The first-order valence-corrected chi connectivity index (χ1v) is 7.78. The van der Waals surface area contributed by atoms with E-state index in [1.54, 1.807) is 11.9 Å². The summed E-state index contributed by atoms with van der Waals surface area (Å²) >= 11 is 0. The predicted octanol–water partition coefficient (Wildman–Crippen LogP) is 0.682. The second-order valence-electron chi connectivity index (χ2n) is 5.95. The fourth-order valence-corrected chi connectivity index (χ4v) is 2.90. The van der Waals surface area contributed by atoms with E-state index >= 15 is 0 Å². The fourth-order valence-electron chi connectivity index (χ4n) is 2.90. The van der Waals surface area contributed by atoms with Crippen LogP contribution >= 0.6 is 0 Å². The molecule has 0 spiro atoms. The Morgan fingerprint density at radius 2 is 1.83 bits per heavy atom. The molecule has 0 fully saturated rings. The van der Waals surface area contributed by atoms with Crippen molar-refractivity contribution in [2.75, 3.05) is 6.54 Å². The van der Waals surface area contributed by atoms with Crippen LogP contribution in [-0.4, -0.2) is 26.5 Å². The number of hydrogen-bond donors (Lipinski definition) is 0. The number of carbonyl (C=O) groups excluding carboxylic acids is 1. The molecule has 0 bridgehead atoms. The van der Waals surface area contributed by atoms with Gasteiger partial charge in [-0.2, -0.15) is 0 Å². The Hall–Kier alpha value is -2.89. The van der Waals surface area contributed by atoms with E-state index in [1.807, 2.05) is 18.2 Å². The van der Waals surface area contributed by atoms with Crippen molar-refractivity contribution in [2.24, 2.45) is 14.1 Å². The summed E-state index contributed by atoms with van der Waals surface area (Å²) < 4.78 is 2.35. The first kappa shape index (κ1) is 16.0. The van der Waals surface area contributed by atoms with Gasteiger partial charge in [0.25, 0.3) is 5.56 Å². The molecule has 1 amide bonds. The van der Waals surface area contributed by atoms with E-state index in [0.29, 0.717) is 18.7 Å². The molecule has 1 aromatic carbocycles. The number of amides is 1. The second-order valence-corrected chi connectivity index (χ2v) is 5.95. The maximum absolute atomic E-state index is 12.4. The zero-order valence-corrected chi connectivity index (χ0v) is 13.7. The maximum atomic E-state index is 12.4. The number of benzene rings is 1. The van der Waals surface area contributed by atoms with E-state index in [-0.39, 0.29) is 5.91 Å². The van der Waals surface area contributed by atoms with Gasteiger partial charge in [0.1, 0.15) is 0 Å². The summed E-state index contributed by atoms with van der Waals surface area (Å²) in [7, 11) is 2.99. The molecule has 0 N–H and O–H groups in total. The van der Waals surface area contributed by atoms with Crippen molar-refractivity contribution in [3.05, 3.63) is 74.1 Å². The highest BCUT2D eigenvalue weighted by molar-refractivity contribution is 5.91. The molecule has 3 rings (SSSR count).